The summed E-state index contributed by atoms with van der Waals surface area (Å²) in [5.74, 6) is 0.0794. The summed E-state index contributed by atoms with van der Waals surface area (Å²) in [7, 11) is 0.176. The van der Waals surface area contributed by atoms with Crippen molar-refractivity contribution in [1.82, 2.24) is 4.31 Å². The minimum atomic E-state index is -4.00. The summed E-state index contributed by atoms with van der Waals surface area (Å²) in [6.45, 7) is -0.368. The first-order valence-electron chi connectivity index (χ1n) is 9.65. The van der Waals surface area contributed by atoms with Crippen LogP contribution in [-0.4, -0.2) is 46.4 Å². The van der Waals surface area contributed by atoms with Crippen LogP contribution in [0.5, 0.6) is 11.5 Å². The molecular weight excluding hydrogens is 448 g/mol. The van der Waals surface area contributed by atoms with Gasteiger partial charge in [-0.3, -0.25) is 4.79 Å². The lowest BCUT2D eigenvalue weighted by Crippen LogP contribution is -2.35. The van der Waals surface area contributed by atoms with Crippen molar-refractivity contribution in [3.8, 4) is 11.5 Å². The zero-order valence-corrected chi connectivity index (χ0v) is 19.6. The lowest BCUT2D eigenvalue weighted by molar-refractivity contribution is -0.116. The van der Waals surface area contributed by atoms with Gasteiger partial charge in [-0.15, -0.1) is 0 Å². The SMILES string of the molecule is COc1ccc(OC)c(S(=O)(=O)N(C)CC(=O)Nc2ccccc2Sc2ccccc2)c1. The van der Waals surface area contributed by atoms with E-state index >= 15 is 0 Å². The summed E-state index contributed by atoms with van der Waals surface area (Å²) in [5, 5.41) is 2.81. The van der Waals surface area contributed by atoms with E-state index < -0.39 is 15.9 Å². The summed E-state index contributed by atoms with van der Waals surface area (Å²) < 4.78 is 37.5. The van der Waals surface area contributed by atoms with E-state index in [9.17, 15) is 13.2 Å². The molecule has 1 N–H and O–H groups in total. The van der Waals surface area contributed by atoms with E-state index in [1.807, 2.05) is 48.5 Å². The third-order valence-corrected chi connectivity index (χ3v) is 7.47. The Morgan fingerprint density at radius 2 is 1.66 bits per heavy atom. The Kier molecular flexibility index (Phi) is 7.79. The van der Waals surface area contributed by atoms with E-state index in [0.29, 0.717) is 11.4 Å². The molecule has 0 bridgehead atoms. The van der Waals surface area contributed by atoms with Crippen molar-refractivity contribution in [3.05, 3.63) is 72.8 Å². The van der Waals surface area contributed by atoms with Gasteiger partial charge in [0.2, 0.25) is 15.9 Å². The fraction of sp³-hybridized carbons (Fsp3) is 0.174. The molecule has 3 rings (SSSR count). The maximum atomic E-state index is 13.1. The average molecular weight is 473 g/mol. The van der Waals surface area contributed by atoms with Crippen molar-refractivity contribution < 1.29 is 22.7 Å². The number of benzene rings is 3. The minimum Gasteiger partial charge on any atom is -0.497 e. The number of amides is 1. The second kappa shape index (κ2) is 10.5. The number of nitrogens with one attached hydrogen (secondary N) is 1. The standard InChI is InChI=1S/C23H24N2O5S2/c1-25(32(27,28)22-15-17(29-2)13-14-20(22)30-3)16-23(26)24-19-11-7-8-12-21(19)31-18-9-5-4-6-10-18/h4-15H,16H2,1-3H3,(H,24,26). The Bertz CT molecular complexity index is 1180. The number of likely N-dealkylation sites (N-methyl/N-ethyl adjacent to an activating group) is 1. The number of ether oxygens (including phenoxy) is 2. The number of hydrogen-bond donors (Lipinski definition) is 1. The normalized spacial score (nSPS) is 11.2. The fourth-order valence-electron chi connectivity index (χ4n) is 2.90. The van der Waals surface area contributed by atoms with Gasteiger partial charge in [-0.05, 0) is 36.4 Å². The Hall–Kier alpha value is -3.01. The topological polar surface area (TPSA) is 84.9 Å². The highest BCUT2D eigenvalue weighted by molar-refractivity contribution is 7.99. The Morgan fingerprint density at radius 1 is 0.969 bits per heavy atom. The third kappa shape index (κ3) is 5.61. The number of para-hydroxylation sites is 1. The number of nitrogens with zero attached hydrogens (tertiary/aromatic N) is 1. The lowest BCUT2D eigenvalue weighted by Gasteiger charge is -2.19. The molecule has 32 heavy (non-hydrogen) atoms. The molecule has 0 unspecified atom stereocenters. The van der Waals surface area contributed by atoms with Crippen molar-refractivity contribution in [3.63, 3.8) is 0 Å². The van der Waals surface area contributed by atoms with Gasteiger partial charge in [-0.2, -0.15) is 4.31 Å². The molecule has 0 heterocycles. The largest absolute Gasteiger partial charge is 0.497 e. The molecule has 0 atom stereocenters. The third-order valence-electron chi connectivity index (χ3n) is 4.56. The highest BCUT2D eigenvalue weighted by atomic mass is 32.2. The highest BCUT2D eigenvalue weighted by Crippen LogP contribution is 2.33. The number of rotatable bonds is 9. The van der Waals surface area contributed by atoms with Crippen LogP contribution in [0.15, 0.2) is 87.5 Å². The molecule has 7 nitrogen and oxygen atoms in total. The summed E-state index contributed by atoms with van der Waals surface area (Å²) in [6, 6.07) is 21.6. The molecule has 0 fully saturated rings. The molecule has 9 heteroatoms. The van der Waals surface area contributed by atoms with Gasteiger partial charge < -0.3 is 14.8 Å². The van der Waals surface area contributed by atoms with Crippen LogP contribution < -0.4 is 14.8 Å². The minimum absolute atomic E-state index is 0.0744. The van der Waals surface area contributed by atoms with Crippen molar-refractivity contribution in [1.29, 1.82) is 0 Å². The van der Waals surface area contributed by atoms with Gasteiger partial charge in [0.15, 0.2) is 0 Å². The molecule has 3 aromatic rings. The number of carbonyl (C=O) groups is 1. The predicted octanol–water partition coefficient (Wildman–Crippen LogP) is 4.11. The van der Waals surface area contributed by atoms with E-state index in [0.717, 1.165) is 14.1 Å². The maximum absolute atomic E-state index is 13.1. The van der Waals surface area contributed by atoms with E-state index in [1.165, 1.54) is 45.2 Å². The number of sulfonamides is 1. The van der Waals surface area contributed by atoms with Crippen LogP contribution in [0.3, 0.4) is 0 Å². The lowest BCUT2D eigenvalue weighted by atomic mass is 10.3. The first kappa shape index (κ1) is 23.6. The van der Waals surface area contributed by atoms with E-state index in [-0.39, 0.29) is 17.2 Å². The van der Waals surface area contributed by atoms with Gasteiger partial charge in [-0.25, -0.2) is 8.42 Å². The molecule has 1 amide bonds. The number of methoxy groups -OCH3 is 2. The molecule has 0 saturated carbocycles. The van der Waals surface area contributed by atoms with Crippen LogP contribution >= 0.6 is 11.8 Å². The van der Waals surface area contributed by atoms with Gasteiger partial charge in [0.1, 0.15) is 16.4 Å². The molecular formula is C23H24N2O5S2. The van der Waals surface area contributed by atoms with Crippen LogP contribution in [-0.2, 0) is 14.8 Å². The van der Waals surface area contributed by atoms with Crippen LogP contribution in [0.1, 0.15) is 0 Å². The Balaban J connectivity index is 1.76. The number of carbonyl (C=O) groups excluding carboxylic acids is 1. The quantitative estimate of drug-likeness (QED) is 0.504. The summed E-state index contributed by atoms with van der Waals surface area (Å²) in [6.07, 6.45) is 0. The van der Waals surface area contributed by atoms with E-state index in [2.05, 4.69) is 5.32 Å². The van der Waals surface area contributed by atoms with Crippen LogP contribution in [0.25, 0.3) is 0 Å². The van der Waals surface area contributed by atoms with Crippen LogP contribution in [0.4, 0.5) is 5.69 Å². The zero-order valence-electron chi connectivity index (χ0n) is 17.9. The van der Waals surface area contributed by atoms with Gasteiger partial charge >= 0.3 is 0 Å². The Morgan fingerprint density at radius 3 is 2.34 bits per heavy atom. The maximum Gasteiger partial charge on any atom is 0.247 e. The molecule has 0 radical (unpaired) electrons. The number of anilines is 1. The van der Waals surface area contributed by atoms with Crippen LogP contribution in [0, 0.1) is 0 Å². The molecule has 0 aliphatic rings. The Labute approximate surface area is 192 Å². The molecule has 0 aromatic heterocycles. The van der Waals surface area contributed by atoms with Crippen LogP contribution in [0.2, 0.25) is 0 Å². The summed E-state index contributed by atoms with van der Waals surface area (Å²) >= 11 is 1.51. The second-order valence-electron chi connectivity index (χ2n) is 6.74. The molecule has 0 aliphatic carbocycles. The van der Waals surface area contributed by atoms with Crippen molar-refractivity contribution in [2.45, 2.75) is 14.7 Å². The molecule has 3 aromatic carbocycles. The van der Waals surface area contributed by atoms with Crippen molar-refractivity contribution >= 4 is 33.4 Å². The smallest absolute Gasteiger partial charge is 0.247 e. The van der Waals surface area contributed by atoms with Gasteiger partial charge in [0, 0.05) is 22.9 Å². The monoisotopic (exact) mass is 472 g/mol. The van der Waals surface area contributed by atoms with Crippen molar-refractivity contribution in [2.75, 3.05) is 33.1 Å². The van der Waals surface area contributed by atoms with E-state index in [4.69, 9.17) is 9.47 Å². The van der Waals surface area contributed by atoms with Crippen molar-refractivity contribution in [2.24, 2.45) is 0 Å². The average Bonchev–Trinajstić information content (AvgIpc) is 2.80. The number of hydrogen-bond acceptors (Lipinski definition) is 6. The zero-order chi connectivity index (χ0) is 23.1. The van der Waals surface area contributed by atoms with E-state index in [1.54, 1.807) is 12.1 Å². The molecule has 0 saturated heterocycles. The fourth-order valence-corrected chi connectivity index (χ4v) is 5.12. The second-order valence-corrected chi connectivity index (χ2v) is 9.87. The van der Waals surface area contributed by atoms with Gasteiger partial charge in [0.05, 0.1) is 26.5 Å². The first-order valence-corrected chi connectivity index (χ1v) is 11.9. The van der Waals surface area contributed by atoms with Gasteiger partial charge in [-0.1, -0.05) is 42.1 Å². The molecule has 168 valence electrons. The molecule has 0 spiro atoms. The predicted molar refractivity (Wildman–Crippen MR) is 125 cm³/mol. The summed E-state index contributed by atoms with van der Waals surface area (Å²) in [4.78, 5) is 14.5. The highest BCUT2D eigenvalue weighted by Gasteiger charge is 2.27. The van der Waals surface area contributed by atoms with Gasteiger partial charge in [0.25, 0.3) is 0 Å². The summed E-state index contributed by atoms with van der Waals surface area (Å²) in [5.41, 5.74) is 0.608. The first-order chi connectivity index (χ1) is 15.3. The molecule has 0 aliphatic heterocycles.